The summed E-state index contributed by atoms with van der Waals surface area (Å²) in [5.74, 6) is -0.452. The predicted molar refractivity (Wildman–Crippen MR) is 149 cm³/mol. The summed E-state index contributed by atoms with van der Waals surface area (Å²) in [4.78, 5) is 17.3. The lowest BCUT2D eigenvalue weighted by Crippen LogP contribution is -2.42. The van der Waals surface area contributed by atoms with E-state index in [0.717, 1.165) is 11.6 Å². The van der Waals surface area contributed by atoms with Crippen LogP contribution in [0.15, 0.2) is 84.9 Å². The highest BCUT2D eigenvalue weighted by Gasteiger charge is 2.38. The van der Waals surface area contributed by atoms with Gasteiger partial charge in [0.05, 0.1) is 24.9 Å². The molecule has 40 heavy (non-hydrogen) atoms. The highest BCUT2D eigenvalue weighted by atomic mass is 19.4. The number of aliphatic hydroxyl groups excluding tert-OH is 1. The number of hydrogen-bond acceptors (Lipinski definition) is 4. The summed E-state index contributed by atoms with van der Waals surface area (Å²) < 4.78 is 46.3. The normalized spacial score (nSPS) is 18.7. The first-order valence-corrected chi connectivity index (χ1v) is 13.7. The van der Waals surface area contributed by atoms with Crippen molar-refractivity contribution in [2.75, 3.05) is 32.8 Å². The molecule has 4 rings (SSSR count). The Kier molecular flexibility index (Phi) is 10.0. The summed E-state index contributed by atoms with van der Waals surface area (Å²) in [6, 6.07) is 24.1. The van der Waals surface area contributed by atoms with Crippen LogP contribution in [-0.2, 0) is 17.5 Å². The van der Waals surface area contributed by atoms with Crippen LogP contribution >= 0.6 is 0 Å². The van der Waals surface area contributed by atoms with Crippen molar-refractivity contribution in [2.45, 2.75) is 44.7 Å². The molecule has 0 bridgehead atoms. The van der Waals surface area contributed by atoms with Crippen LogP contribution in [-0.4, -0.2) is 65.7 Å². The molecule has 1 heterocycles. The first-order valence-electron chi connectivity index (χ1n) is 13.7. The molecule has 5 nitrogen and oxygen atoms in total. The fraction of sp³-hybridized carbons (Fsp3) is 0.406. The van der Waals surface area contributed by atoms with Crippen molar-refractivity contribution in [3.8, 4) is 0 Å². The Morgan fingerprint density at radius 3 is 2.33 bits per heavy atom. The van der Waals surface area contributed by atoms with Crippen molar-refractivity contribution >= 4 is 5.91 Å². The van der Waals surface area contributed by atoms with Crippen LogP contribution in [0.5, 0.6) is 0 Å². The maximum Gasteiger partial charge on any atom is 0.416 e. The molecule has 3 aromatic rings. The van der Waals surface area contributed by atoms with Gasteiger partial charge in [-0.05, 0) is 49.1 Å². The number of carbonyl (C=O) groups is 1. The molecule has 3 aromatic carbocycles. The highest BCUT2D eigenvalue weighted by molar-refractivity contribution is 5.94. The van der Waals surface area contributed by atoms with Crippen molar-refractivity contribution in [3.63, 3.8) is 0 Å². The number of aliphatic hydroxyl groups is 1. The Hall–Kier alpha value is -3.20. The smallest absolute Gasteiger partial charge is 0.389 e. The summed E-state index contributed by atoms with van der Waals surface area (Å²) in [6.07, 6.45) is -5.19. The molecule has 1 saturated heterocycles. The first-order chi connectivity index (χ1) is 19.1. The number of likely N-dealkylation sites (tertiary alicyclic amines) is 1. The Labute approximate surface area is 234 Å². The number of rotatable bonds is 11. The van der Waals surface area contributed by atoms with Gasteiger partial charge in [0.2, 0.25) is 0 Å². The zero-order valence-electron chi connectivity index (χ0n) is 22.9. The van der Waals surface area contributed by atoms with Crippen LogP contribution in [0.3, 0.4) is 0 Å². The molecule has 0 spiro atoms. The minimum atomic E-state index is -4.44. The Morgan fingerprint density at radius 1 is 1.00 bits per heavy atom. The Bertz CT molecular complexity index is 1220. The molecule has 0 aliphatic carbocycles. The van der Waals surface area contributed by atoms with Gasteiger partial charge in [-0.15, -0.1) is 0 Å². The minimum Gasteiger partial charge on any atom is -0.389 e. The van der Waals surface area contributed by atoms with E-state index < -0.39 is 17.8 Å². The molecule has 214 valence electrons. The molecule has 3 unspecified atom stereocenters. The van der Waals surface area contributed by atoms with E-state index in [0.29, 0.717) is 43.9 Å². The molecule has 0 radical (unpaired) electrons. The first kappa shape index (κ1) is 29.8. The van der Waals surface area contributed by atoms with Gasteiger partial charge in [0.15, 0.2) is 0 Å². The molecular weight excluding hydrogens is 517 g/mol. The Balaban J connectivity index is 1.49. The number of amides is 1. The quantitative estimate of drug-likeness (QED) is 0.323. The third-order valence-electron chi connectivity index (χ3n) is 7.39. The largest absolute Gasteiger partial charge is 0.416 e. The van der Waals surface area contributed by atoms with E-state index >= 15 is 0 Å². The van der Waals surface area contributed by atoms with Crippen LogP contribution in [0.2, 0.25) is 0 Å². The average Bonchev–Trinajstić information content (AvgIpc) is 3.34. The molecule has 1 N–H and O–H groups in total. The van der Waals surface area contributed by atoms with Gasteiger partial charge in [0, 0.05) is 43.7 Å². The summed E-state index contributed by atoms with van der Waals surface area (Å²) in [5, 5.41) is 10.7. The van der Waals surface area contributed by atoms with Gasteiger partial charge >= 0.3 is 6.18 Å². The maximum atomic E-state index is 13.5. The topological polar surface area (TPSA) is 53.0 Å². The van der Waals surface area contributed by atoms with Gasteiger partial charge in [-0.25, -0.2) is 0 Å². The second-order valence-corrected chi connectivity index (χ2v) is 10.8. The van der Waals surface area contributed by atoms with Gasteiger partial charge in [-0.3, -0.25) is 9.69 Å². The average molecular weight is 555 g/mol. The fourth-order valence-electron chi connectivity index (χ4n) is 5.38. The number of hydrogen-bond donors (Lipinski definition) is 1. The van der Waals surface area contributed by atoms with E-state index in [1.54, 1.807) is 23.1 Å². The molecule has 1 amide bonds. The number of benzene rings is 3. The molecule has 3 atom stereocenters. The number of ether oxygens (including phenoxy) is 1. The van der Waals surface area contributed by atoms with Gasteiger partial charge in [0.25, 0.3) is 5.91 Å². The van der Waals surface area contributed by atoms with Crippen molar-refractivity contribution in [1.29, 1.82) is 0 Å². The summed E-state index contributed by atoms with van der Waals surface area (Å²) in [6.45, 7) is 6.17. The van der Waals surface area contributed by atoms with E-state index in [1.165, 1.54) is 12.1 Å². The lowest BCUT2D eigenvalue weighted by atomic mass is 9.87. The highest BCUT2D eigenvalue weighted by Crippen LogP contribution is 2.37. The number of β-amino-alcohol motifs (C(OH)–C–C–N with tert-alkyl or cyclic N) is 1. The molecule has 8 heteroatoms. The summed E-state index contributed by atoms with van der Waals surface area (Å²) >= 11 is 0. The van der Waals surface area contributed by atoms with Crippen LogP contribution in [0.25, 0.3) is 0 Å². The standard InChI is InChI=1S/C32H37F3N2O3/c1-23(2)37(31(39)25-12-7-4-8-13-25)18-27-17-36(19-29(38)22-40-21-24-10-5-3-6-11-24)20-30(27)26-14-9-15-28(16-26)32(33,34)35/h3-16,23,27,29-30,38H,17-22H2,1-2H3. The molecule has 0 saturated carbocycles. The third kappa shape index (κ3) is 7.93. The van der Waals surface area contributed by atoms with Crippen LogP contribution in [0.1, 0.15) is 46.8 Å². The summed E-state index contributed by atoms with van der Waals surface area (Å²) in [7, 11) is 0. The van der Waals surface area contributed by atoms with Crippen molar-refractivity contribution in [1.82, 2.24) is 9.80 Å². The monoisotopic (exact) mass is 554 g/mol. The van der Waals surface area contributed by atoms with Crippen molar-refractivity contribution in [2.24, 2.45) is 5.92 Å². The summed E-state index contributed by atoms with van der Waals surface area (Å²) in [5.41, 5.74) is 1.50. The van der Waals surface area contributed by atoms with E-state index in [-0.39, 0.29) is 30.4 Å². The molecule has 0 aromatic heterocycles. The lowest BCUT2D eigenvalue weighted by molar-refractivity contribution is -0.137. The van der Waals surface area contributed by atoms with Gasteiger partial charge in [-0.1, -0.05) is 66.7 Å². The third-order valence-corrected chi connectivity index (χ3v) is 7.39. The molecular formula is C32H37F3N2O3. The van der Waals surface area contributed by atoms with E-state index in [1.807, 2.05) is 62.4 Å². The predicted octanol–water partition coefficient (Wildman–Crippen LogP) is 5.85. The Morgan fingerprint density at radius 2 is 1.68 bits per heavy atom. The van der Waals surface area contributed by atoms with E-state index in [9.17, 15) is 23.1 Å². The van der Waals surface area contributed by atoms with Crippen LogP contribution in [0, 0.1) is 5.92 Å². The lowest BCUT2D eigenvalue weighted by Gasteiger charge is -2.32. The van der Waals surface area contributed by atoms with Crippen molar-refractivity contribution < 1.29 is 27.8 Å². The van der Waals surface area contributed by atoms with Gasteiger partial charge < -0.3 is 14.7 Å². The van der Waals surface area contributed by atoms with Crippen LogP contribution < -0.4 is 0 Å². The SMILES string of the molecule is CC(C)N(CC1CN(CC(O)COCc2ccccc2)CC1c1cccc(C(F)(F)F)c1)C(=O)c1ccccc1. The molecule has 1 fully saturated rings. The van der Waals surface area contributed by atoms with Crippen molar-refractivity contribution in [3.05, 3.63) is 107 Å². The second kappa shape index (κ2) is 13.4. The maximum absolute atomic E-state index is 13.5. The number of alkyl halides is 3. The second-order valence-electron chi connectivity index (χ2n) is 10.8. The molecule has 1 aliphatic heterocycles. The zero-order chi connectivity index (χ0) is 28.7. The number of nitrogens with zero attached hydrogens (tertiary/aromatic N) is 2. The van der Waals surface area contributed by atoms with Crippen LogP contribution in [0.4, 0.5) is 13.2 Å². The van der Waals surface area contributed by atoms with Gasteiger partial charge in [0.1, 0.15) is 0 Å². The van der Waals surface area contributed by atoms with Gasteiger partial charge in [-0.2, -0.15) is 13.2 Å². The fourth-order valence-corrected chi connectivity index (χ4v) is 5.38. The van der Waals surface area contributed by atoms with E-state index in [2.05, 4.69) is 4.90 Å². The molecule has 1 aliphatic rings. The minimum absolute atomic E-state index is 0.0964. The zero-order valence-corrected chi connectivity index (χ0v) is 22.9. The number of carbonyl (C=O) groups excluding carboxylic acids is 1. The number of halogens is 3. The van der Waals surface area contributed by atoms with E-state index in [4.69, 9.17) is 4.74 Å².